The SMILES string of the molecule is CCCCCCCCCCCC/C=C/C(OC(=O)CCCCCCCCCCCCCCCCCCCCCCCCCCCCC)C(COP(=O)(O)OCC[N+](C)(C)C)NC(=O)CCCCCCCCCCCCCCCCCCCCCCCCCCC. The number of nitrogens with zero attached hydrogens (tertiary/aromatic N) is 1. The van der Waals surface area contributed by atoms with Gasteiger partial charge in [-0.3, -0.25) is 18.6 Å². The van der Waals surface area contributed by atoms with Crippen molar-refractivity contribution in [2.24, 2.45) is 0 Å². The first-order valence-corrected chi connectivity index (χ1v) is 42.0. The molecule has 1 amide bonds. The largest absolute Gasteiger partial charge is 0.472 e. The number of unbranched alkanes of at least 4 members (excludes halogenated alkanes) is 60. The Kier molecular flexibility index (Phi) is 69.6. The maximum absolute atomic E-state index is 13.7. The maximum Gasteiger partial charge on any atom is 0.472 e. The van der Waals surface area contributed by atoms with Gasteiger partial charge in [-0.15, -0.1) is 0 Å². The number of phosphoric acid groups is 1. The molecule has 90 heavy (non-hydrogen) atoms. The van der Waals surface area contributed by atoms with Crippen LogP contribution >= 0.6 is 7.82 Å². The lowest BCUT2D eigenvalue weighted by Crippen LogP contribution is -2.47. The smallest absolute Gasteiger partial charge is 0.456 e. The lowest BCUT2D eigenvalue weighted by molar-refractivity contribution is -0.870. The lowest BCUT2D eigenvalue weighted by Gasteiger charge is -2.27. The lowest BCUT2D eigenvalue weighted by atomic mass is 10.0. The molecule has 0 aliphatic heterocycles. The Morgan fingerprint density at radius 1 is 0.378 bits per heavy atom. The van der Waals surface area contributed by atoms with Crippen molar-refractivity contribution in [1.29, 1.82) is 0 Å². The first kappa shape index (κ1) is 88.8. The minimum absolute atomic E-state index is 0.0463. The predicted octanol–water partition coefficient (Wildman–Crippen LogP) is 26.2. The Morgan fingerprint density at radius 2 is 0.633 bits per heavy atom. The summed E-state index contributed by atoms with van der Waals surface area (Å²) in [6, 6.07) is -0.842. The van der Waals surface area contributed by atoms with Crippen LogP contribution in [0.15, 0.2) is 12.2 Å². The first-order valence-electron chi connectivity index (χ1n) is 40.5. The van der Waals surface area contributed by atoms with Crippen LogP contribution in [0, 0.1) is 0 Å². The van der Waals surface area contributed by atoms with E-state index in [1.54, 1.807) is 0 Å². The van der Waals surface area contributed by atoms with Crippen LogP contribution in [-0.2, 0) is 27.9 Å². The van der Waals surface area contributed by atoms with Gasteiger partial charge in [-0.05, 0) is 31.8 Å². The van der Waals surface area contributed by atoms with Crippen LogP contribution in [0.5, 0.6) is 0 Å². The normalized spacial score (nSPS) is 13.4. The Morgan fingerprint density at radius 3 is 0.911 bits per heavy atom. The fourth-order valence-electron chi connectivity index (χ4n) is 12.8. The average Bonchev–Trinajstić information content (AvgIpc) is 3.33. The van der Waals surface area contributed by atoms with Gasteiger partial charge in [-0.2, -0.15) is 0 Å². The van der Waals surface area contributed by atoms with Crippen LogP contribution in [0.3, 0.4) is 0 Å². The molecule has 0 bridgehead atoms. The zero-order valence-corrected chi connectivity index (χ0v) is 62.6. The molecule has 0 radical (unpaired) electrons. The van der Waals surface area contributed by atoms with Crippen molar-refractivity contribution >= 4 is 19.7 Å². The maximum atomic E-state index is 13.7. The standard InChI is InChI=1S/C80H159N2O7P/c1-7-10-13-16-19-22-25-28-30-32-34-36-38-40-41-43-45-47-49-51-53-55-58-61-64-67-70-73-80(84)89-78(71-68-65-62-59-56-27-24-21-18-15-12-9-3)77(76-88-90(85,86)87-75-74-82(4,5)6)81-79(83)72-69-66-63-60-57-54-52-50-48-46-44-42-39-37-35-33-31-29-26-23-20-17-14-11-8-2/h68,71,77-78H,7-67,69-70,72-76H2,1-6H3,(H-,81,83,85,86)/p+1/b71-68+. The molecule has 0 aliphatic carbocycles. The molecule has 0 heterocycles. The van der Waals surface area contributed by atoms with Crippen molar-refractivity contribution in [2.45, 2.75) is 450 Å². The Bertz CT molecular complexity index is 1540. The quantitative estimate of drug-likeness (QED) is 0.0205. The third-order valence-corrected chi connectivity index (χ3v) is 20.0. The molecule has 3 atom stereocenters. The first-order chi connectivity index (χ1) is 43.9. The molecule has 10 heteroatoms. The van der Waals surface area contributed by atoms with Crippen molar-refractivity contribution in [1.82, 2.24) is 5.32 Å². The molecule has 0 aromatic carbocycles. The molecule has 2 N–H and O–H groups in total. The topological polar surface area (TPSA) is 111 Å². The highest BCUT2D eigenvalue weighted by molar-refractivity contribution is 7.47. The summed E-state index contributed by atoms with van der Waals surface area (Å²) in [5.74, 6) is -0.472. The predicted molar refractivity (Wildman–Crippen MR) is 393 cm³/mol. The number of likely N-dealkylation sites (N-methyl/N-ethyl adjacent to an activating group) is 1. The van der Waals surface area contributed by atoms with Crippen molar-refractivity contribution < 1.29 is 37.3 Å². The van der Waals surface area contributed by atoms with Crippen LogP contribution in [0.4, 0.5) is 0 Å². The molecule has 3 unspecified atom stereocenters. The third kappa shape index (κ3) is 71.1. The van der Waals surface area contributed by atoms with Crippen LogP contribution in [0.1, 0.15) is 438 Å². The average molecular weight is 1290 g/mol. The van der Waals surface area contributed by atoms with Gasteiger partial charge in [0, 0.05) is 12.8 Å². The number of rotatable bonds is 76. The van der Waals surface area contributed by atoms with E-state index < -0.39 is 20.0 Å². The number of phosphoric ester groups is 1. The van der Waals surface area contributed by atoms with E-state index in [4.69, 9.17) is 13.8 Å². The minimum atomic E-state index is -4.45. The number of hydrogen-bond acceptors (Lipinski definition) is 6. The van der Waals surface area contributed by atoms with Gasteiger partial charge in [0.15, 0.2) is 0 Å². The zero-order chi connectivity index (χ0) is 65.6. The van der Waals surface area contributed by atoms with Gasteiger partial charge in [-0.1, -0.05) is 406 Å². The van der Waals surface area contributed by atoms with Crippen molar-refractivity contribution in [2.75, 3.05) is 40.9 Å². The van der Waals surface area contributed by atoms with Gasteiger partial charge in [0.25, 0.3) is 0 Å². The molecule has 0 fully saturated rings. The molecule has 0 aromatic rings. The highest BCUT2D eigenvalue weighted by atomic mass is 31.2. The molecular formula is C80H160N2O7P+. The van der Waals surface area contributed by atoms with Gasteiger partial charge in [0.2, 0.25) is 5.91 Å². The summed E-state index contributed by atoms with van der Waals surface area (Å²) in [5.41, 5.74) is 0. The summed E-state index contributed by atoms with van der Waals surface area (Å²) in [6.45, 7) is 7.11. The van der Waals surface area contributed by atoms with E-state index in [1.165, 1.54) is 347 Å². The molecule has 536 valence electrons. The number of hydrogen-bond donors (Lipinski definition) is 2. The monoisotopic (exact) mass is 1290 g/mol. The second kappa shape index (κ2) is 70.5. The summed E-state index contributed by atoms with van der Waals surface area (Å²) < 4.78 is 30.9. The highest BCUT2D eigenvalue weighted by Gasteiger charge is 2.30. The van der Waals surface area contributed by atoms with E-state index in [1.807, 2.05) is 27.2 Å². The van der Waals surface area contributed by atoms with Crippen molar-refractivity contribution in [3.8, 4) is 0 Å². The number of ether oxygens (including phenoxy) is 1. The number of carbonyl (C=O) groups excluding carboxylic acids is 2. The van der Waals surface area contributed by atoms with Crippen LogP contribution in [0.2, 0.25) is 0 Å². The zero-order valence-electron chi connectivity index (χ0n) is 61.7. The van der Waals surface area contributed by atoms with Gasteiger partial charge in [0.05, 0.1) is 33.8 Å². The molecule has 0 saturated heterocycles. The van der Waals surface area contributed by atoms with Crippen LogP contribution in [-0.4, -0.2) is 74.3 Å². The van der Waals surface area contributed by atoms with Crippen LogP contribution in [0.25, 0.3) is 0 Å². The summed E-state index contributed by atoms with van der Waals surface area (Å²) in [6.07, 6.45) is 86.9. The number of allylic oxidation sites excluding steroid dienone is 1. The van der Waals surface area contributed by atoms with Crippen molar-refractivity contribution in [3.05, 3.63) is 12.2 Å². The summed E-state index contributed by atoms with van der Waals surface area (Å²) >= 11 is 0. The Hall–Kier alpha value is -1.25. The molecule has 0 aliphatic rings. The number of quaternary nitrogens is 1. The fourth-order valence-corrected chi connectivity index (χ4v) is 13.5. The van der Waals surface area contributed by atoms with E-state index in [0.29, 0.717) is 23.9 Å². The van der Waals surface area contributed by atoms with E-state index in [0.717, 1.165) is 57.8 Å². The highest BCUT2D eigenvalue weighted by Crippen LogP contribution is 2.43. The Balaban J connectivity index is 4.85. The van der Waals surface area contributed by atoms with E-state index in [-0.39, 0.29) is 25.1 Å². The second-order valence-corrected chi connectivity index (χ2v) is 30.8. The number of esters is 1. The summed E-state index contributed by atoms with van der Waals surface area (Å²) in [5, 5.41) is 3.09. The molecule has 0 saturated carbocycles. The number of nitrogens with one attached hydrogen (secondary N) is 1. The van der Waals surface area contributed by atoms with Crippen LogP contribution < -0.4 is 5.32 Å². The number of carbonyl (C=O) groups is 2. The van der Waals surface area contributed by atoms with Gasteiger partial charge >= 0.3 is 13.8 Å². The van der Waals surface area contributed by atoms with Crippen molar-refractivity contribution in [3.63, 3.8) is 0 Å². The van der Waals surface area contributed by atoms with E-state index >= 15 is 0 Å². The van der Waals surface area contributed by atoms with E-state index in [9.17, 15) is 19.0 Å². The van der Waals surface area contributed by atoms with Gasteiger partial charge in [-0.25, -0.2) is 4.57 Å². The molecule has 0 spiro atoms. The summed E-state index contributed by atoms with van der Waals surface area (Å²) in [7, 11) is 1.53. The molecular weight excluding hydrogens is 1130 g/mol. The second-order valence-electron chi connectivity index (χ2n) is 29.3. The van der Waals surface area contributed by atoms with E-state index in [2.05, 4.69) is 32.2 Å². The Labute approximate surface area is 562 Å². The molecule has 0 rings (SSSR count). The summed E-state index contributed by atoms with van der Waals surface area (Å²) in [4.78, 5) is 38.0. The molecule has 0 aromatic heterocycles. The number of amides is 1. The van der Waals surface area contributed by atoms with Gasteiger partial charge in [0.1, 0.15) is 19.3 Å². The fraction of sp³-hybridized carbons (Fsp3) is 0.950. The minimum Gasteiger partial charge on any atom is -0.456 e. The van der Waals surface area contributed by atoms with Gasteiger partial charge < -0.3 is 19.4 Å². The molecule has 9 nitrogen and oxygen atoms in total. The third-order valence-electron chi connectivity index (χ3n) is 19.0.